The van der Waals surface area contributed by atoms with Gasteiger partial charge in [-0.1, -0.05) is 24.1 Å². The van der Waals surface area contributed by atoms with Crippen molar-refractivity contribution in [3.8, 4) is 11.6 Å². The van der Waals surface area contributed by atoms with Gasteiger partial charge in [0.15, 0.2) is 0 Å². The largest absolute Gasteiger partial charge is 0.419 e. The van der Waals surface area contributed by atoms with E-state index in [-0.39, 0.29) is 4.90 Å². The first-order chi connectivity index (χ1) is 12.8. The molecule has 1 aromatic carbocycles. The predicted octanol–water partition coefficient (Wildman–Crippen LogP) is 4.40. The molecule has 1 aliphatic rings. The van der Waals surface area contributed by atoms with E-state index in [2.05, 4.69) is 19.9 Å². The summed E-state index contributed by atoms with van der Waals surface area (Å²) in [5.74, 6) is 1.24. The fourth-order valence-corrected chi connectivity index (χ4v) is 4.95. The summed E-state index contributed by atoms with van der Waals surface area (Å²) in [7, 11) is -3.81. The van der Waals surface area contributed by atoms with E-state index in [9.17, 15) is 8.42 Å². The summed E-state index contributed by atoms with van der Waals surface area (Å²) in [6, 6.07) is 6.56. The zero-order valence-corrected chi connectivity index (χ0v) is 16.5. The van der Waals surface area contributed by atoms with Gasteiger partial charge in [0.05, 0.1) is 5.69 Å². The molecule has 0 saturated heterocycles. The quantitative estimate of drug-likeness (QED) is 0.653. The van der Waals surface area contributed by atoms with Crippen molar-refractivity contribution < 1.29 is 12.8 Å². The number of H-pyrrole nitrogens is 1. The SMILES string of the molecule is Cc1[nH]c(-c2nnc(C3CCC3)o2)c(C)c1S(=O)(=O)Nc1cccc(Cl)c1. The zero-order chi connectivity index (χ0) is 19.2. The second kappa shape index (κ2) is 6.69. The summed E-state index contributed by atoms with van der Waals surface area (Å²) in [6.45, 7) is 3.42. The molecule has 27 heavy (non-hydrogen) atoms. The molecule has 1 saturated carbocycles. The van der Waals surface area contributed by atoms with Gasteiger partial charge in [0.2, 0.25) is 5.89 Å². The van der Waals surface area contributed by atoms with Crippen LogP contribution in [0.15, 0.2) is 33.6 Å². The molecule has 0 amide bonds. The Morgan fingerprint density at radius 1 is 1.26 bits per heavy atom. The lowest BCUT2D eigenvalue weighted by atomic mass is 9.85. The summed E-state index contributed by atoms with van der Waals surface area (Å²) in [5, 5.41) is 8.67. The number of aromatic nitrogens is 3. The average Bonchev–Trinajstić information content (AvgIpc) is 3.10. The van der Waals surface area contributed by atoms with Crippen LogP contribution in [0.2, 0.25) is 5.02 Å². The number of hydrogen-bond donors (Lipinski definition) is 2. The molecule has 1 fully saturated rings. The van der Waals surface area contributed by atoms with Crippen molar-refractivity contribution in [3.63, 3.8) is 0 Å². The predicted molar refractivity (Wildman–Crippen MR) is 102 cm³/mol. The maximum Gasteiger partial charge on any atom is 0.264 e. The van der Waals surface area contributed by atoms with Crippen LogP contribution < -0.4 is 4.72 Å². The van der Waals surface area contributed by atoms with Crippen LogP contribution in [0.3, 0.4) is 0 Å². The summed E-state index contributed by atoms with van der Waals surface area (Å²) >= 11 is 5.94. The maximum atomic E-state index is 12.9. The lowest BCUT2D eigenvalue weighted by molar-refractivity contribution is 0.338. The average molecular weight is 407 g/mol. The highest BCUT2D eigenvalue weighted by atomic mass is 35.5. The van der Waals surface area contributed by atoms with E-state index in [1.807, 2.05) is 0 Å². The lowest BCUT2D eigenvalue weighted by Crippen LogP contribution is -2.14. The molecular formula is C18H19ClN4O3S. The molecule has 0 unspecified atom stereocenters. The molecule has 142 valence electrons. The van der Waals surface area contributed by atoms with Gasteiger partial charge in [-0.2, -0.15) is 0 Å². The Balaban J connectivity index is 1.68. The molecule has 2 heterocycles. The Kier molecular flexibility index (Phi) is 4.47. The van der Waals surface area contributed by atoms with E-state index in [1.165, 1.54) is 6.42 Å². The molecule has 3 aromatic rings. The third-order valence-corrected chi connectivity index (χ3v) is 6.71. The van der Waals surface area contributed by atoms with Gasteiger partial charge in [-0.3, -0.25) is 4.72 Å². The fraction of sp³-hybridized carbons (Fsp3) is 0.333. The minimum atomic E-state index is -3.81. The van der Waals surface area contributed by atoms with Crippen LogP contribution in [-0.4, -0.2) is 23.6 Å². The number of anilines is 1. The van der Waals surface area contributed by atoms with E-state index in [0.717, 1.165) is 12.8 Å². The molecular weight excluding hydrogens is 388 g/mol. The monoisotopic (exact) mass is 406 g/mol. The van der Waals surface area contributed by atoms with Gasteiger partial charge in [0.25, 0.3) is 15.9 Å². The third-order valence-electron chi connectivity index (χ3n) is 4.82. The first-order valence-corrected chi connectivity index (χ1v) is 10.5. The summed E-state index contributed by atoms with van der Waals surface area (Å²) in [4.78, 5) is 3.25. The number of sulfonamides is 1. The van der Waals surface area contributed by atoms with Crippen LogP contribution in [0.1, 0.15) is 42.3 Å². The fourth-order valence-electron chi connectivity index (χ4n) is 3.26. The van der Waals surface area contributed by atoms with E-state index < -0.39 is 10.0 Å². The van der Waals surface area contributed by atoms with Gasteiger partial charge in [-0.25, -0.2) is 8.42 Å². The highest BCUT2D eigenvalue weighted by Gasteiger charge is 2.29. The minimum Gasteiger partial charge on any atom is -0.419 e. The second-order valence-electron chi connectivity index (χ2n) is 6.77. The van der Waals surface area contributed by atoms with Crippen LogP contribution in [0.5, 0.6) is 0 Å². The van der Waals surface area contributed by atoms with Crippen LogP contribution in [0.4, 0.5) is 5.69 Å². The first kappa shape index (κ1) is 18.1. The van der Waals surface area contributed by atoms with Crippen LogP contribution in [-0.2, 0) is 10.0 Å². The number of benzene rings is 1. The van der Waals surface area contributed by atoms with Gasteiger partial charge < -0.3 is 9.40 Å². The second-order valence-corrected chi connectivity index (χ2v) is 8.82. The van der Waals surface area contributed by atoms with Gasteiger partial charge in [-0.05, 0) is 44.9 Å². The Bertz CT molecular complexity index is 1100. The van der Waals surface area contributed by atoms with Gasteiger partial charge in [-0.15, -0.1) is 10.2 Å². The Morgan fingerprint density at radius 2 is 2.04 bits per heavy atom. The topological polar surface area (TPSA) is 101 Å². The molecule has 0 aliphatic heterocycles. The van der Waals surface area contributed by atoms with Crippen molar-refractivity contribution in [2.45, 2.75) is 43.9 Å². The Hall–Kier alpha value is -2.32. The molecule has 9 heteroatoms. The smallest absolute Gasteiger partial charge is 0.264 e. The van der Waals surface area contributed by atoms with Gasteiger partial charge in [0.1, 0.15) is 10.6 Å². The highest BCUT2D eigenvalue weighted by molar-refractivity contribution is 7.92. The van der Waals surface area contributed by atoms with E-state index >= 15 is 0 Å². The molecule has 0 spiro atoms. The minimum absolute atomic E-state index is 0.167. The van der Waals surface area contributed by atoms with Crippen LogP contribution in [0.25, 0.3) is 11.6 Å². The van der Waals surface area contributed by atoms with Gasteiger partial charge >= 0.3 is 0 Å². The van der Waals surface area contributed by atoms with E-state index in [4.69, 9.17) is 16.0 Å². The Morgan fingerprint density at radius 3 is 2.70 bits per heavy atom. The summed E-state index contributed by atoms with van der Waals surface area (Å²) in [6.07, 6.45) is 3.27. The number of halogens is 1. The third kappa shape index (κ3) is 3.35. The first-order valence-electron chi connectivity index (χ1n) is 8.66. The molecule has 0 atom stereocenters. The molecule has 0 bridgehead atoms. The molecule has 0 radical (unpaired) electrons. The molecule has 1 aliphatic carbocycles. The molecule has 2 aromatic heterocycles. The molecule has 2 N–H and O–H groups in total. The summed E-state index contributed by atoms with van der Waals surface area (Å²) in [5.41, 5.74) is 1.96. The van der Waals surface area contributed by atoms with Crippen molar-refractivity contribution in [1.29, 1.82) is 0 Å². The van der Waals surface area contributed by atoms with Crippen molar-refractivity contribution >= 4 is 27.3 Å². The number of aromatic amines is 1. The maximum absolute atomic E-state index is 12.9. The number of nitrogens with one attached hydrogen (secondary N) is 2. The summed E-state index contributed by atoms with van der Waals surface area (Å²) < 4.78 is 34.2. The lowest BCUT2D eigenvalue weighted by Gasteiger charge is -2.20. The van der Waals surface area contributed by atoms with Crippen molar-refractivity contribution in [1.82, 2.24) is 15.2 Å². The van der Waals surface area contributed by atoms with Crippen molar-refractivity contribution in [3.05, 3.63) is 46.4 Å². The molecule has 7 nitrogen and oxygen atoms in total. The van der Waals surface area contributed by atoms with Crippen molar-refractivity contribution in [2.24, 2.45) is 0 Å². The normalized spacial score (nSPS) is 14.9. The van der Waals surface area contributed by atoms with Crippen molar-refractivity contribution in [2.75, 3.05) is 4.72 Å². The van der Waals surface area contributed by atoms with Crippen LogP contribution in [0, 0.1) is 13.8 Å². The highest BCUT2D eigenvalue weighted by Crippen LogP contribution is 2.37. The van der Waals surface area contributed by atoms with Gasteiger partial charge in [0, 0.05) is 22.2 Å². The zero-order valence-electron chi connectivity index (χ0n) is 14.9. The van der Waals surface area contributed by atoms with Crippen LogP contribution >= 0.6 is 11.6 Å². The van der Waals surface area contributed by atoms with E-state index in [0.29, 0.717) is 45.4 Å². The number of hydrogen-bond acceptors (Lipinski definition) is 5. The number of nitrogens with zero attached hydrogens (tertiary/aromatic N) is 2. The Labute approximate surface area is 162 Å². The molecule has 4 rings (SSSR count). The number of aryl methyl sites for hydroxylation is 1. The standard InChI is InChI=1S/C18H19ClN4O3S/c1-10-15(18-22-21-17(26-18)12-5-3-6-12)20-11(2)16(10)27(24,25)23-14-8-4-7-13(19)9-14/h4,7-9,12,20,23H,3,5-6H2,1-2H3. The van der Waals surface area contributed by atoms with E-state index in [1.54, 1.807) is 38.1 Å². The number of rotatable bonds is 5.